The molecule has 0 fully saturated rings. The standard InChI is InChI=1S/C16H17FN2O/c1-10-3-5-13(7-11(10)2)19-9-16(20)12-4-6-14(17)15(18)8-12/h3-8,19H,9,18H2,1-2H3. The summed E-state index contributed by atoms with van der Waals surface area (Å²) in [4.78, 5) is 12.0. The van der Waals surface area contributed by atoms with Crippen LogP contribution in [0, 0.1) is 19.7 Å². The Morgan fingerprint density at radius 3 is 2.55 bits per heavy atom. The van der Waals surface area contributed by atoms with Gasteiger partial charge >= 0.3 is 0 Å². The lowest BCUT2D eigenvalue weighted by molar-refractivity contribution is 0.101. The fourth-order valence-electron chi connectivity index (χ4n) is 1.85. The van der Waals surface area contributed by atoms with Crippen molar-refractivity contribution < 1.29 is 9.18 Å². The van der Waals surface area contributed by atoms with Gasteiger partial charge in [0.1, 0.15) is 5.82 Å². The van der Waals surface area contributed by atoms with Crippen LogP contribution in [0.2, 0.25) is 0 Å². The van der Waals surface area contributed by atoms with E-state index in [-0.39, 0.29) is 18.0 Å². The van der Waals surface area contributed by atoms with Crippen molar-refractivity contribution in [2.75, 3.05) is 17.6 Å². The minimum Gasteiger partial charge on any atom is -0.396 e. The van der Waals surface area contributed by atoms with Crippen LogP contribution < -0.4 is 11.1 Å². The van der Waals surface area contributed by atoms with Crippen LogP contribution in [-0.2, 0) is 0 Å². The van der Waals surface area contributed by atoms with Crippen LogP contribution in [0.15, 0.2) is 36.4 Å². The Balaban J connectivity index is 2.04. The van der Waals surface area contributed by atoms with E-state index in [1.807, 2.05) is 32.0 Å². The van der Waals surface area contributed by atoms with Crippen LogP contribution in [-0.4, -0.2) is 12.3 Å². The Hall–Kier alpha value is -2.36. The molecule has 20 heavy (non-hydrogen) atoms. The van der Waals surface area contributed by atoms with E-state index in [2.05, 4.69) is 5.32 Å². The number of ketones is 1. The van der Waals surface area contributed by atoms with Gasteiger partial charge in [-0.1, -0.05) is 6.07 Å². The van der Waals surface area contributed by atoms with Crippen molar-refractivity contribution >= 4 is 17.2 Å². The number of Topliss-reactive ketones (excluding diaryl/α,β-unsaturated/α-hetero) is 1. The highest BCUT2D eigenvalue weighted by Gasteiger charge is 2.08. The van der Waals surface area contributed by atoms with E-state index >= 15 is 0 Å². The SMILES string of the molecule is Cc1ccc(NCC(=O)c2ccc(F)c(N)c2)cc1C. The first-order chi connectivity index (χ1) is 9.47. The molecule has 4 heteroatoms. The summed E-state index contributed by atoms with van der Waals surface area (Å²) in [5, 5.41) is 3.06. The second kappa shape index (κ2) is 5.74. The second-order valence-corrected chi connectivity index (χ2v) is 4.81. The number of rotatable bonds is 4. The highest BCUT2D eigenvalue weighted by Crippen LogP contribution is 2.15. The molecule has 0 aliphatic heterocycles. The lowest BCUT2D eigenvalue weighted by atomic mass is 10.1. The zero-order valence-corrected chi connectivity index (χ0v) is 11.5. The van der Waals surface area contributed by atoms with Crippen molar-refractivity contribution in [3.63, 3.8) is 0 Å². The van der Waals surface area contributed by atoms with E-state index in [1.165, 1.54) is 23.8 Å². The van der Waals surface area contributed by atoms with Crippen molar-refractivity contribution in [1.82, 2.24) is 0 Å². The molecule has 2 aromatic carbocycles. The smallest absolute Gasteiger partial charge is 0.181 e. The van der Waals surface area contributed by atoms with E-state index in [1.54, 1.807) is 0 Å². The van der Waals surface area contributed by atoms with Gasteiger partial charge in [-0.05, 0) is 55.3 Å². The first-order valence-electron chi connectivity index (χ1n) is 6.36. The van der Waals surface area contributed by atoms with E-state index in [9.17, 15) is 9.18 Å². The van der Waals surface area contributed by atoms with Crippen LogP contribution in [0.1, 0.15) is 21.5 Å². The van der Waals surface area contributed by atoms with Crippen LogP contribution >= 0.6 is 0 Å². The van der Waals surface area contributed by atoms with Gasteiger partial charge in [0.15, 0.2) is 5.78 Å². The molecule has 2 aromatic rings. The monoisotopic (exact) mass is 272 g/mol. The van der Waals surface area contributed by atoms with Gasteiger partial charge in [-0.2, -0.15) is 0 Å². The average molecular weight is 272 g/mol. The molecule has 0 atom stereocenters. The molecule has 0 aromatic heterocycles. The molecule has 0 radical (unpaired) electrons. The van der Waals surface area contributed by atoms with Crippen molar-refractivity contribution in [1.29, 1.82) is 0 Å². The van der Waals surface area contributed by atoms with Crippen molar-refractivity contribution in [2.45, 2.75) is 13.8 Å². The second-order valence-electron chi connectivity index (χ2n) is 4.81. The molecule has 0 amide bonds. The summed E-state index contributed by atoms with van der Waals surface area (Å²) < 4.78 is 13.0. The van der Waals surface area contributed by atoms with Crippen molar-refractivity contribution in [3.05, 3.63) is 58.9 Å². The van der Waals surface area contributed by atoms with Gasteiger partial charge in [-0.25, -0.2) is 4.39 Å². The maximum Gasteiger partial charge on any atom is 0.181 e. The molecule has 2 rings (SSSR count). The molecule has 0 heterocycles. The zero-order valence-electron chi connectivity index (χ0n) is 11.5. The Morgan fingerprint density at radius 2 is 1.90 bits per heavy atom. The number of anilines is 2. The average Bonchev–Trinajstić information content (AvgIpc) is 2.43. The summed E-state index contributed by atoms with van der Waals surface area (Å²) in [6.45, 7) is 4.20. The van der Waals surface area contributed by atoms with Gasteiger partial charge in [-0.3, -0.25) is 4.79 Å². The Bertz CT molecular complexity index is 653. The summed E-state index contributed by atoms with van der Waals surface area (Å²) >= 11 is 0. The molecule has 104 valence electrons. The molecule has 0 bridgehead atoms. The van der Waals surface area contributed by atoms with Crippen LogP contribution in [0.4, 0.5) is 15.8 Å². The van der Waals surface area contributed by atoms with Gasteiger partial charge in [-0.15, -0.1) is 0 Å². The van der Waals surface area contributed by atoms with Gasteiger partial charge in [0.05, 0.1) is 12.2 Å². The highest BCUT2D eigenvalue weighted by molar-refractivity contribution is 5.99. The number of nitrogens with two attached hydrogens (primary N) is 1. The minimum absolute atomic E-state index is 0.0120. The molecule has 0 saturated carbocycles. The van der Waals surface area contributed by atoms with E-state index in [4.69, 9.17) is 5.73 Å². The largest absolute Gasteiger partial charge is 0.396 e. The Morgan fingerprint density at radius 1 is 1.15 bits per heavy atom. The molecule has 3 N–H and O–H groups in total. The zero-order chi connectivity index (χ0) is 14.7. The van der Waals surface area contributed by atoms with Gasteiger partial charge in [0.25, 0.3) is 0 Å². The summed E-state index contributed by atoms with van der Waals surface area (Å²) in [6, 6.07) is 9.92. The molecular formula is C16H17FN2O. The predicted octanol–water partition coefficient (Wildman–Crippen LogP) is 3.32. The van der Waals surface area contributed by atoms with E-state index in [0.717, 1.165) is 11.3 Å². The number of carbonyl (C=O) groups excluding carboxylic acids is 1. The molecule has 0 unspecified atom stereocenters. The number of carbonyl (C=O) groups is 1. The van der Waals surface area contributed by atoms with Gasteiger partial charge in [0, 0.05) is 11.3 Å². The number of nitrogens with one attached hydrogen (secondary N) is 1. The predicted molar refractivity (Wildman–Crippen MR) is 79.5 cm³/mol. The number of benzene rings is 2. The summed E-state index contributed by atoms with van der Waals surface area (Å²) in [5.41, 5.74) is 9.09. The quantitative estimate of drug-likeness (QED) is 0.663. The summed E-state index contributed by atoms with van der Waals surface area (Å²) in [6.07, 6.45) is 0. The fraction of sp³-hybridized carbons (Fsp3) is 0.188. The lowest BCUT2D eigenvalue weighted by Crippen LogP contribution is -2.14. The minimum atomic E-state index is -0.510. The number of halogens is 1. The third-order valence-electron chi connectivity index (χ3n) is 3.28. The molecule has 0 saturated heterocycles. The third-order valence-corrected chi connectivity index (χ3v) is 3.28. The maximum absolute atomic E-state index is 13.0. The summed E-state index contributed by atoms with van der Waals surface area (Å²) in [7, 11) is 0. The normalized spacial score (nSPS) is 10.3. The first kappa shape index (κ1) is 14.1. The van der Waals surface area contributed by atoms with E-state index < -0.39 is 5.82 Å². The fourth-order valence-corrected chi connectivity index (χ4v) is 1.85. The molecule has 0 aliphatic rings. The van der Waals surface area contributed by atoms with Crippen molar-refractivity contribution in [2.24, 2.45) is 0 Å². The molecule has 3 nitrogen and oxygen atoms in total. The van der Waals surface area contributed by atoms with Crippen LogP contribution in [0.5, 0.6) is 0 Å². The van der Waals surface area contributed by atoms with Gasteiger partial charge < -0.3 is 11.1 Å². The first-order valence-corrected chi connectivity index (χ1v) is 6.36. The number of hydrogen-bond acceptors (Lipinski definition) is 3. The molecular weight excluding hydrogens is 255 g/mol. The van der Waals surface area contributed by atoms with Gasteiger partial charge in [0.2, 0.25) is 0 Å². The highest BCUT2D eigenvalue weighted by atomic mass is 19.1. The number of hydrogen-bond donors (Lipinski definition) is 2. The van der Waals surface area contributed by atoms with E-state index in [0.29, 0.717) is 5.56 Å². The summed E-state index contributed by atoms with van der Waals surface area (Å²) in [5.74, 6) is -0.640. The van der Waals surface area contributed by atoms with Crippen LogP contribution in [0.25, 0.3) is 0 Å². The van der Waals surface area contributed by atoms with Crippen molar-refractivity contribution in [3.8, 4) is 0 Å². The number of nitrogen functional groups attached to an aromatic ring is 1. The molecule has 0 spiro atoms. The number of aryl methyl sites for hydroxylation is 2. The Labute approximate surface area is 117 Å². The molecule has 0 aliphatic carbocycles. The third kappa shape index (κ3) is 3.15. The topological polar surface area (TPSA) is 55.1 Å². The lowest BCUT2D eigenvalue weighted by Gasteiger charge is -2.08. The Kier molecular flexibility index (Phi) is 4.03. The van der Waals surface area contributed by atoms with Crippen LogP contribution in [0.3, 0.4) is 0 Å². The maximum atomic E-state index is 13.0.